The molecule has 1 aliphatic rings. The molecule has 0 saturated heterocycles. The summed E-state index contributed by atoms with van der Waals surface area (Å²) in [4.78, 5) is 0. The summed E-state index contributed by atoms with van der Waals surface area (Å²) < 4.78 is 20.1. The molecule has 18 heavy (non-hydrogen) atoms. The van der Waals surface area contributed by atoms with Crippen molar-refractivity contribution in [2.24, 2.45) is 0 Å². The van der Waals surface area contributed by atoms with Crippen LogP contribution in [0.5, 0.6) is 0 Å². The average molecular weight is 275 g/mol. The lowest BCUT2D eigenvalue weighted by Gasteiger charge is -2.41. The molecular weight excluding hydrogens is 246 g/mol. The van der Waals surface area contributed by atoms with Crippen molar-refractivity contribution in [2.75, 3.05) is 26.9 Å². The molecule has 0 aromatic heterocycles. The minimum Gasteiger partial charge on any atom is -0.361 e. The average Bonchev–Trinajstić information content (AvgIpc) is 2.39. The van der Waals surface area contributed by atoms with Crippen LogP contribution in [0.1, 0.15) is 52.9 Å². The first-order valence-electron chi connectivity index (χ1n) is 7.35. The Morgan fingerprint density at radius 3 is 1.72 bits per heavy atom. The predicted octanol–water partition coefficient (Wildman–Crippen LogP) is 2.80. The van der Waals surface area contributed by atoms with Crippen LogP contribution in [0, 0.1) is 0 Å². The van der Waals surface area contributed by atoms with Crippen LogP contribution in [-0.2, 0) is 13.3 Å². The van der Waals surface area contributed by atoms with Crippen molar-refractivity contribution in [2.45, 2.75) is 58.9 Å². The SMILES string of the molecule is CCO[Si](OCC)(OCC)N(C)C1CCCCC1. The molecule has 0 spiro atoms. The summed E-state index contributed by atoms with van der Waals surface area (Å²) in [6, 6.07) is 0.551. The van der Waals surface area contributed by atoms with Crippen LogP contribution in [0.3, 0.4) is 0 Å². The summed E-state index contributed by atoms with van der Waals surface area (Å²) in [7, 11) is -0.539. The third kappa shape index (κ3) is 4.03. The highest BCUT2D eigenvalue weighted by molar-refractivity contribution is 6.57. The van der Waals surface area contributed by atoms with Crippen molar-refractivity contribution in [3.63, 3.8) is 0 Å². The van der Waals surface area contributed by atoms with Gasteiger partial charge in [0.25, 0.3) is 0 Å². The van der Waals surface area contributed by atoms with Crippen molar-refractivity contribution in [1.82, 2.24) is 4.57 Å². The minimum atomic E-state index is -2.65. The zero-order chi connectivity index (χ0) is 13.4. The van der Waals surface area contributed by atoms with E-state index >= 15 is 0 Å². The van der Waals surface area contributed by atoms with Crippen LogP contribution in [-0.4, -0.2) is 46.4 Å². The van der Waals surface area contributed by atoms with Gasteiger partial charge in [-0.1, -0.05) is 19.3 Å². The molecule has 108 valence electrons. The highest BCUT2D eigenvalue weighted by Gasteiger charge is 2.49. The van der Waals surface area contributed by atoms with Crippen LogP contribution < -0.4 is 0 Å². The summed E-state index contributed by atoms with van der Waals surface area (Å²) in [6.45, 7) is 7.95. The second-order valence-electron chi connectivity index (χ2n) is 4.73. The molecule has 1 fully saturated rings. The van der Waals surface area contributed by atoms with Crippen molar-refractivity contribution in [1.29, 1.82) is 0 Å². The van der Waals surface area contributed by atoms with Crippen molar-refractivity contribution >= 4 is 8.97 Å². The maximum absolute atomic E-state index is 5.95. The Morgan fingerprint density at radius 2 is 1.33 bits per heavy atom. The lowest BCUT2D eigenvalue weighted by Crippen LogP contribution is -2.63. The topological polar surface area (TPSA) is 30.9 Å². The zero-order valence-electron chi connectivity index (χ0n) is 12.4. The molecular formula is C13H29NO3Si. The maximum Gasteiger partial charge on any atom is 0.599 e. The van der Waals surface area contributed by atoms with Gasteiger partial charge in [-0.2, -0.15) is 0 Å². The first-order valence-corrected chi connectivity index (χ1v) is 9.02. The monoisotopic (exact) mass is 275 g/mol. The Hall–Kier alpha value is 0.0569. The summed E-state index contributed by atoms with van der Waals surface area (Å²) in [5, 5.41) is 0. The van der Waals surface area contributed by atoms with Gasteiger partial charge in [-0.25, -0.2) is 0 Å². The predicted molar refractivity (Wildman–Crippen MR) is 75.3 cm³/mol. The van der Waals surface area contributed by atoms with Gasteiger partial charge < -0.3 is 13.3 Å². The smallest absolute Gasteiger partial charge is 0.361 e. The van der Waals surface area contributed by atoms with Crippen molar-refractivity contribution < 1.29 is 13.3 Å². The maximum atomic E-state index is 5.95. The van der Waals surface area contributed by atoms with E-state index in [0.29, 0.717) is 25.9 Å². The minimum absolute atomic E-state index is 0.551. The lowest BCUT2D eigenvalue weighted by molar-refractivity contribution is 0.00816. The number of hydrogen-bond donors (Lipinski definition) is 0. The van der Waals surface area contributed by atoms with E-state index in [9.17, 15) is 0 Å². The van der Waals surface area contributed by atoms with E-state index in [2.05, 4.69) is 11.6 Å². The first-order chi connectivity index (χ1) is 8.70. The summed E-state index contributed by atoms with van der Waals surface area (Å²) in [5.41, 5.74) is 0. The van der Waals surface area contributed by atoms with Gasteiger partial charge in [0.1, 0.15) is 0 Å². The molecule has 1 rings (SSSR count). The van der Waals surface area contributed by atoms with Crippen LogP contribution in [0.25, 0.3) is 0 Å². The van der Waals surface area contributed by atoms with E-state index in [1.165, 1.54) is 32.1 Å². The van der Waals surface area contributed by atoms with E-state index in [-0.39, 0.29) is 0 Å². The van der Waals surface area contributed by atoms with Crippen LogP contribution in [0.4, 0.5) is 0 Å². The first kappa shape index (κ1) is 16.1. The van der Waals surface area contributed by atoms with Crippen LogP contribution in [0.2, 0.25) is 0 Å². The molecule has 1 saturated carbocycles. The molecule has 0 radical (unpaired) electrons. The highest BCUT2D eigenvalue weighted by Crippen LogP contribution is 2.27. The van der Waals surface area contributed by atoms with Gasteiger partial charge in [0, 0.05) is 25.9 Å². The van der Waals surface area contributed by atoms with Gasteiger partial charge in [0.15, 0.2) is 0 Å². The molecule has 0 N–H and O–H groups in total. The van der Waals surface area contributed by atoms with E-state index in [1.54, 1.807) is 0 Å². The zero-order valence-corrected chi connectivity index (χ0v) is 13.4. The van der Waals surface area contributed by atoms with Gasteiger partial charge in [0.2, 0.25) is 0 Å². The molecule has 0 heterocycles. The Bertz CT molecular complexity index is 205. The number of nitrogens with zero attached hydrogens (tertiary/aromatic N) is 1. The molecule has 0 unspecified atom stereocenters. The third-order valence-electron chi connectivity index (χ3n) is 3.53. The van der Waals surface area contributed by atoms with Crippen molar-refractivity contribution in [3.8, 4) is 0 Å². The van der Waals surface area contributed by atoms with Crippen LogP contribution >= 0.6 is 0 Å². The fourth-order valence-corrected chi connectivity index (χ4v) is 5.33. The Labute approximate surface area is 113 Å². The molecule has 1 aliphatic carbocycles. The second kappa shape index (κ2) is 8.27. The normalized spacial score (nSPS) is 18.5. The second-order valence-corrected chi connectivity index (χ2v) is 7.34. The van der Waals surface area contributed by atoms with Gasteiger partial charge in [-0.3, -0.25) is 4.57 Å². The van der Waals surface area contributed by atoms with E-state index in [4.69, 9.17) is 13.3 Å². The molecule has 5 heteroatoms. The molecule has 4 nitrogen and oxygen atoms in total. The largest absolute Gasteiger partial charge is 0.599 e. The van der Waals surface area contributed by atoms with Gasteiger partial charge >= 0.3 is 8.97 Å². The fourth-order valence-electron chi connectivity index (χ4n) is 2.67. The Morgan fingerprint density at radius 1 is 0.889 bits per heavy atom. The quantitative estimate of drug-likeness (QED) is 0.637. The summed E-state index contributed by atoms with van der Waals surface area (Å²) in [6.07, 6.45) is 6.45. The fraction of sp³-hybridized carbons (Fsp3) is 1.00. The Kier molecular flexibility index (Phi) is 7.40. The Balaban J connectivity index is 2.76. The van der Waals surface area contributed by atoms with Gasteiger partial charge in [0.05, 0.1) is 0 Å². The van der Waals surface area contributed by atoms with E-state index < -0.39 is 8.97 Å². The summed E-state index contributed by atoms with van der Waals surface area (Å²) >= 11 is 0. The highest BCUT2D eigenvalue weighted by atomic mass is 28.4. The van der Waals surface area contributed by atoms with E-state index in [1.807, 2.05) is 20.8 Å². The number of rotatable bonds is 8. The van der Waals surface area contributed by atoms with Crippen LogP contribution in [0.15, 0.2) is 0 Å². The summed E-state index contributed by atoms with van der Waals surface area (Å²) in [5.74, 6) is 0. The van der Waals surface area contributed by atoms with Gasteiger partial charge in [-0.05, 0) is 40.7 Å². The molecule has 0 bridgehead atoms. The third-order valence-corrected chi connectivity index (χ3v) is 6.72. The molecule has 0 aliphatic heterocycles. The molecule has 0 amide bonds. The van der Waals surface area contributed by atoms with Gasteiger partial charge in [-0.15, -0.1) is 0 Å². The molecule has 0 atom stereocenters. The van der Waals surface area contributed by atoms with E-state index in [0.717, 1.165) is 0 Å². The molecule has 0 aromatic rings. The molecule has 0 aromatic carbocycles. The number of hydrogen-bond acceptors (Lipinski definition) is 4. The van der Waals surface area contributed by atoms with Crippen molar-refractivity contribution in [3.05, 3.63) is 0 Å². The standard InChI is InChI=1S/C13H29NO3Si/c1-5-15-18(16-6-2,17-7-3)14(4)13-11-9-8-10-12-13/h13H,5-12H2,1-4H3. The lowest BCUT2D eigenvalue weighted by atomic mass is 9.96.